The van der Waals surface area contributed by atoms with E-state index in [-0.39, 0.29) is 10.8 Å². The van der Waals surface area contributed by atoms with E-state index in [0.29, 0.717) is 29.3 Å². The van der Waals surface area contributed by atoms with Crippen molar-refractivity contribution in [2.24, 2.45) is 0 Å². The van der Waals surface area contributed by atoms with Gasteiger partial charge in [0.2, 0.25) is 10.0 Å². The molecular weight excluding hydrogens is 406 g/mol. The molecule has 1 amide bonds. The van der Waals surface area contributed by atoms with Gasteiger partial charge in [0.25, 0.3) is 5.91 Å². The third kappa shape index (κ3) is 4.05. The van der Waals surface area contributed by atoms with Crippen molar-refractivity contribution in [1.82, 2.24) is 9.29 Å². The molecule has 4 rings (SSSR count). The number of rotatable bonds is 4. The molecule has 3 aromatic rings. The van der Waals surface area contributed by atoms with Crippen molar-refractivity contribution in [3.8, 4) is 0 Å². The van der Waals surface area contributed by atoms with Gasteiger partial charge in [-0.15, -0.1) is 0 Å². The lowest BCUT2D eigenvalue weighted by molar-refractivity contribution is 0.102. The molecule has 1 N–H and O–H groups in total. The Bertz CT molecular complexity index is 1180. The summed E-state index contributed by atoms with van der Waals surface area (Å²) < 4.78 is 28.1. The molecule has 1 aliphatic heterocycles. The van der Waals surface area contributed by atoms with Gasteiger partial charge in [-0.05, 0) is 68.1 Å². The Morgan fingerprint density at radius 2 is 1.79 bits per heavy atom. The Balaban J connectivity index is 1.58. The lowest BCUT2D eigenvalue weighted by atomic mass is 10.1. The number of carbonyl (C=O) groups excluding carboxylic acids is 1. The average molecular weight is 430 g/mol. The number of aromatic nitrogens is 1. The lowest BCUT2D eigenvalue weighted by Crippen LogP contribution is -2.35. The van der Waals surface area contributed by atoms with Gasteiger partial charge in [0.15, 0.2) is 5.13 Å². The summed E-state index contributed by atoms with van der Waals surface area (Å²) in [5.41, 5.74) is 3.42. The number of hydrogen-bond acceptors (Lipinski definition) is 5. The minimum absolute atomic E-state index is 0.228. The number of nitrogens with zero attached hydrogens (tertiary/aromatic N) is 2. The number of fused-ring (bicyclic) bond motifs is 1. The zero-order chi connectivity index (χ0) is 20.6. The first-order valence-corrected chi connectivity index (χ1v) is 11.9. The van der Waals surface area contributed by atoms with Crippen LogP contribution >= 0.6 is 11.3 Å². The van der Waals surface area contributed by atoms with E-state index in [1.165, 1.54) is 11.3 Å². The highest BCUT2D eigenvalue weighted by molar-refractivity contribution is 7.89. The van der Waals surface area contributed by atoms with Crippen LogP contribution in [-0.2, 0) is 10.0 Å². The fourth-order valence-electron chi connectivity index (χ4n) is 3.43. The normalized spacial score (nSPS) is 15.5. The number of anilines is 1. The van der Waals surface area contributed by atoms with Gasteiger partial charge in [0.05, 0.1) is 15.1 Å². The molecule has 1 saturated heterocycles. The van der Waals surface area contributed by atoms with Gasteiger partial charge in [-0.3, -0.25) is 10.1 Å². The zero-order valence-electron chi connectivity index (χ0n) is 16.4. The highest BCUT2D eigenvalue weighted by atomic mass is 32.2. The molecule has 29 heavy (non-hydrogen) atoms. The van der Waals surface area contributed by atoms with Crippen molar-refractivity contribution in [3.05, 3.63) is 53.1 Å². The molecule has 1 aliphatic rings. The van der Waals surface area contributed by atoms with Crippen molar-refractivity contribution in [3.63, 3.8) is 0 Å². The van der Waals surface area contributed by atoms with Gasteiger partial charge in [-0.25, -0.2) is 13.4 Å². The summed E-state index contributed by atoms with van der Waals surface area (Å²) >= 11 is 1.28. The van der Waals surface area contributed by atoms with Gasteiger partial charge in [-0.2, -0.15) is 4.31 Å². The predicted octanol–water partition coefficient (Wildman–Crippen LogP) is 4.34. The minimum Gasteiger partial charge on any atom is -0.298 e. The predicted molar refractivity (Wildman–Crippen MR) is 116 cm³/mol. The summed E-state index contributed by atoms with van der Waals surface area (Å²) in [7, 11) is -3.49. The quantitative estimate of drug-likeness (QED) is 0.669. The first-order valence-electron chi connectivity index (χ1n) is 9.64. The second-order valence-corrected chi connectivity index (χ2v) is 10.3. The molecule has 0 spiro atoms. The summed E-state index contributed by atoms with van der Waals surface area (Å²) in [5.74, 6) is -0.228. The van der Waals surface area contributed by atoms with Gasteiger partial charge >= 0.3 is 0 Å². The maximum absolute atomic E-state index is 12.9. The van der Waals surface area contributed by atoms with Gasteiger partial charge < -0.3 is 0 Å². The van der Waals surface area contributed by atoms with Crippen molar-refractivity contribution in [2.75, 3.05) is 18.4 Å². The topological polar surface area (TPSA) is 79.4 Å². The second-order valence-electron chi connectivity index (χ2n) is 7.37. The Hall–Kier alpha value is -2.29. The standard InChI is InChI=1S/C21H23N3O3S2/c1-14-6-7-16(12-15(14)2)20(25)23-21-22-18-9-8-17(13-19(18)28-21)29(26,27)24-10-4-3-5-11-24/h6-9,12-13H,3-5,10-11H2,1-2H3,(H,22,23,25). The van der Waals surface area contributed by atoms with E-state index in [0.717, 1.165) is 35.1 Å². The zero-order valence-corrected chi connectivity index (χ0v) is 18.1. The third-order valence-corrected chi connectivity index (χ3v) is 8.13. The fourth-order valence-corrected chi connectivity index (χ4v) is 5.94. The summed E-state index contributed by atoms with van der Waals surface area (Å²) in [6.45, 7) is 5.11. The smallest absolute Gasteiger partial charge is 0.257 e. The molecule has 1 aromatic heterocycles. The molecule has 0 atom stereocenters. The van der Waals surface area contributed by atoms with E-state index in [1.54, 1.807) is 28.6 Å². The van der Waals surface area contributed by atoms with Crippen LogP contribution in [0.5, 0.6) is 0 Å². The minimum atomic E-state index is -3.49. The number of amides is 1. The van der Waals surface area contributed by atoms with Crippen LogP contribution in [0.25, 0.3) is 10.2 Å². The number of hydrogen-bond donors (Lipinski definition) is 1. The summed E-state index contributed by atoms with van der Waals surface area (Å²) in [5, 5.41) is 3.28. The molecule has 152 valence electrons. The van der Waals surface area contributed by atoms with Crippen molar-refractivity contribution >= 4 is 42.6 Å². The Morgan fingerprint density at radius 1 is 1.03 bits per heavy atom. The highest BCUT2D eigenvalue weighted by Gasteiger charge is 2.26. The molecule has 0 bridgehead atoms. The molecule has 0 aliphatic carbocycles. The van der Waals surface area contributed by atoms with E-state index >= 15 is 0 Å². The van der Waals surface area contributed by atoms with Crippen LogP contribution < -0.4 is 5.32 Å². The van der Waals surface area contributed by atoms with Gasteiger partial charge in [0.1, 0.15) is 0 Å². The number of thiazole rings is 1. The van der Waals surface area contributed by atoms with Crippen LogP contribution in [0, 0.1) is 13.8 Å². The van der Waals surface area contributed by atoms with Crippen molar-refractivity contribution in [2.45, 2.75) is 38.0 Å². The lowest BCUT2D eigenvalue weighted by Gasteiger charge is -2.25. The summed E-state index contributed by atoms with van der Waals surface area (Å²) in [6, 6.07) is 10.5. The first-order chi connectivity index (χ1) is 13.8. The van der Waals surface area contributed by atoms with E-state index in [9.17, 15) is 13.2 Å². The highest BCUT2D eigenvalue weighted by Crippen LogP contribution is 2.30. The van der Waals surface area contributed by atoms with E-state index < -0.39 is 10.0 Å². The number of benzene rings is 2. The SMILES string of the molecule is Cc1ccc(C(=O)Nc2nc3ccc(S(=O)(=O)N4CCCCC4)cc3s2)cc1C. The Morgan fingerprint density at radius 3 is 2.52 bits per heavy atom. The van der Waals surface area contributed by atoms with Crippen LogP contribution in [0.3, 0.4) is 0 Å². The average Bonchev–Trinajstić information content (AvgIpc) is 3.12. The van der Waals surface area contributed by atoms with Gasteiger partial charge in [0, 0.05) is 18.7 Å². The Labute approximate surface area is 174 Å². The molecule has 2 aromatic carbocycles. The molecular formula is C21H23N3O3S2. The van der Waals surface area contributed by atoms with Gasteiger partial charge in [-0.1, -0.05) is 23.8 Å². The molecule has 2 heterocycles. The maximum Gasteiger partial charge on any atom is 0.257 e. The monoisotopic (exact) mass is 429 g/mol. The van der Waals surface area contributed by atoms with E-state index in [1.807, 2.05) is 26.0 Å². The summed E-state index contributed by atoms with van der Waals surface area (Å²) in [4.78, 5) is 17.3. The third-order valence-electron chi connectivity index (χ3n) is 5.30. The Kier molecular flexibility index (Phi) is 5.42. The first kappa shape index (κ1) is 20.0. The molecule has 1 fully saturated rings. The summed E-state index contributed by atoms with van der Waals surface area (Å²) in [6.07, 6.45) is 2.87. The number of aryl methyl sites for hydroxylation is 2. The molecule has 0 saturated carbocycles. The van der Waals surface area contributed by atoms with Crippen LogP contribution in [0.15, 0.2) is 41.3 Å². The number of piperidine rings is 1. The largest absolute Gasteiger partial charge is 0.298 e. The van der Waals surface area contributed by atoms with Crippen LogP contribution in [0.4, 0.5) is 5.13 Å². The van der Waals surface area contributed by atoms with Crippen LogP contribution in [-0.4, -0.2) is 36.7 Å². The van der Waals surface area contributed by atoms with Crippen LogP contribution in [0.1, 0.15) is 40.7 Å². The van der Waals surface area contributed by atoms with Crippen molar-refractivity contribution < 1.29 is 13.2 Å². The number of carbonyl (C=O) groups is 1. The number of sulfonamides is 1. The van der Waals surface area contributed by atoms with Crippen molar-refractivity contribution in [1.29, 1.82) is 0 Å². The van der Waals surface area contributed by atoms with E-state index in [4.69, 9.17) is 0 Å². The fraction of sp³-hybridized carbons (Fsp3) is 0.333. The molecule has 6 nitrogen and oxygen atoms in total. The van der Waals surface area contributed by atoms with Crippen LogP contribution in [0.2, 0.25) is 0 Å². The molecule has 8 heteroatoms. The number of nitrogens with one attached hydrogen (secondary N) is 1. The second kappa shape index (κ2) is 7.85. The maximum atomic E-state index is 12.9. The van der Waals surface area contributed by atoms with E-state index in [2.05, 4.69) is 10.3 Å². The molecule has 0 radical (unpaired) electrons. The molecule has 0 unspecified atom stereocenters.